The fraction of sp³-hybridized carbons (Fsp3) is 0.212. The number of hydrogen-bond donors (Lipinski definition) is 1. The molecule has 1 N–H and O–H groups in total. The van der Waals surface area contributed by atoms with Gasteiger partial charge in [-0.3, -0.25) is 14.5 Å². The van der Waals surface area contributed by atoms with Gasteiger partial charge in [0.2, 0.25) is 0 Å². The lowest BCUT2D eigenvalue weighted by Gasteiger charge is -2.23. The van der Waals surface area contributed by atoms with Crippen molar-refractivity contribution in [3.05, 3.63) is 111 Å². The number of benzene rings is 3. The minimum absolute atomic E-state index is 0.102. The Labute approximate surface area is 253 Å². The van der Waals surface area contributed by atoms with Gasteiger partial charge in [0.15, 0.2) is 5.13 Å². The van der Waals surface area contributed by atoms with Crippen LogP contribution in [0.15, 0.2) is 78.4 Å². The van der Waals surface area contributed by atoms with Crippen LogP contribution in [-0.2, 0) is 20.9 Å². The Morgan fingerprint density at radius 3 is 2.30 bits per heavy atom. The molecule has 9 nitrogen and oxygen atoms in total. The summed E-state index contributed by atoms with van der Waals surface area (Å²) in [6, 6.07) is 20.6. The van der Waals surface area contributed by atoms with Gasteiger partial charge in [-0.05, 0) is 68.3 Å². The number of nitrogens with zero attached hydrogens (tertiary/aromatic N) is 2. The quantitative estimate of drug-likeness (QED) is 0.106. The summed E-state index contributed by atoms with van der Waals surface area (Å²) < 4.78 is 16.3. The molecule has 1 aromatic heterocycles. The Bertz CT molecular complexity index is 1710. The first-order chi connectivity index (χ1) is 20.7. The number of aliphatic hydroxyl groups is 1. The van der Waals surface area contributed by atoms with Gasteiger partial charge in [0.1, 0.15) is 28.7 Å². The van der Waals surface area contributed by atoms with Crippen LogP contribution in [0.3, 0.4) is 0 Å². The molecule has 0 spiro atoms. The average Bonchev–Trinajstić information content (AvgIpc) is 3.52. The molecule has 0 saturated carbocycles. The smallest absolute Gasteiger partial charge is 0.350 e. The fourth-order valence-corrected chi connectivity index (χ4v) is 5.87. The van der Waals surface area contributed by atoms with E-state index in [4.69, 9.17) is 14.2 Å². The molecule has 4 aromatic rings. The van der Waals surface area contributed by atoms with E-state index in [1.807, 2.05) is 38.1 Å². The van der Waals surface area contributed by atoms with Crippen molar-refractivity contribution >= 4 is 39.9 Å². The van der Waals surface area contributed by atoms with Crippen LogP contribution in [0.5, 0.6) is 11.5 Å². The lowest BCUT2D eigenvalue weighted by Crippen LogP contribution is -2.29. The number of aliphatic hydroxyl groups excluding tert-OH is 1. The van der Waals surface area contributed by atoms with Crippen LogP contribution < -0.4 is 14.4 Å². The van der Waals surface area contributed by atoms with E-state index in [1.54, 1.807) is 55.5 Å². The number of ether oxygens (including phenoxy) is 3. The molecule has 1 saturated heterocycles. The summed E-state index contributed by atoms with van der Waals surface area (Å²) >= 11 is 0.943. The number of esters is 1. The molecular formula is C33H30N2O7S. The molecule has 1 aliphatic rings. The molecule has 1 aliphatic heterocycles. The number of rotatable bonds is 9. The van der Waals surface area contributed by atoms with Gasteiger partial charge in [0.25, 0.3) is 5.78 Å². The van der Waals surface area contributed by atoms with E-state index in [9.17, 15) is 19.5 Å². The predicted octanol–water partition coefficient (Wildman–Crippen LogP) is 6.15. The third-order valence-corrected chi connectivity index (χ3v) is 8.07. The maximum atomic E-state index is 13.5. The number of Topliss-reactive ketones (excluding diaryl/α,β-unsaturated/α-hetero) is 1. The zero-order valence-electron chi connectivity index (χ0n) is 24.1. The lowest BCUT2D eigenvalue weighted by molar-refractivity contribution is -0.132. The van der Waals surface area contributed by atoms with E-state index in [2.05, 4.69) is 4.98 Å². The maximum absolute atomic E-state index is 13.5. The molecule has 1 atom stereocenters. The first kappa shape index (κ1) is 29.5. The highest BCUT2D eigenvalue weighted by Crippen LogP contribution is 2.44. The van der Waals surface area contributed by atoms with Crippen LogP contribution in [0.2, 0.25) is 0 Å². The molecule has 220 valence electrons. The Hall–Kier alpha value is -4.96. The molecule has 1 fully saturated rings. The topological polar surface area (TPSA) is 115 Å². The SMILES string of the molecule is CCOc1ccc(C2/C(=C(\O)c3ccc(OCc4cccc(C)c4)cc3)C(=O)C(=O)N2c2nc(C)c(C(=O)OC)s2)cc1. The predicted molar refractivity (Wildman–Crippen MR) is 163 cm³/mol. The summed E-state index contributed by atoms with van der Waals surface area (Å²) in [5, 5.41) is 11.6. The van der Waals surface area contributed by atoms with Crippen LogP contribution in [0, 0.1) is 13.8 Å². The lowest BCUT2D eigenvalue weighted by atomic mass is 9.95. The van der Waals surface area contributed by atoms with Crippen molar-refractivity contribution in [3.63, 3.8) is 0 Å². The monoisotopic (exact) mass is 598 g/mol. The number of methoxy groups -OCH3 is 1. The Morgan fingerprint density at radius 1 is 0.977 bits per heavy atom. The van der Waals surface area contributed by atoms with Gasteiger partial charge in [-0.2, -0.15) is 0 Å². The van der Waals surface area contributed by atoms with E-state index >= 15 is 0 Å². The van der Waals surface area contributed by atoms with E-state index < -0.39 is 23.7 Å². The summed E-state index contributed by atoms with van der Waals surface area (Å²) in [7, 11) is 1.26. The summed E-state index contributed by atoms with van der Waals surface area (Å²) in [6.07, 6.45) is 0. The highest BCUT2D eigenvalue weighted by molar-refractivity contribution is 7.17. The maximum Gasteiger partial charge on any atom is 0.350 e. The molecule has 1 amide bonds. The summed E-state index contributed by atoms with van der Waals surface area (Å²) in [5.41, 5.74) is 3.30. The van der Waals surface area contributed by atoms with Gasteiger partial charge in [0.05, 0.1) is 31.0 Å². The van der Waals surface area contributed by atoms with Crippen LogP contribution in [0.1, 0.15) is 50.6 Å². The molecule has 0 radical (unpaired) electrons. The van der Waals surface area contributed by atoms with E-state index in [-0.39, 0.29) is 21.3 Å². The van der Waals surface area contributed by atoms with Gasteiger partial charge < -0.3 is 19.3 Å². The van der Waals surface area contributed by atoms with Crippen molar-refractivity contribution in [2.24, 2.45) is 0 Å². The summed E-state index contributed by atoms with van der Waals surface area (Å²) in [4.78, 5) is 45.2. The molecule has 3 aromatic carbocycles. The van der Waals surface area contributed by atoms with Crippen molar-refractivity contribution in [2.45, 2.75) is 33.4 Å². The van der Waals surface area contributed by atoms with E-state index in [1.165, 1.54) is 12.0 Å². The summed E-state index contributed by atoms with van der Waals surface area (Å²) in [5.74, 6) is -1.49. The number of aromatic nitrogens is 1. The number of hydrogen-bond acceptors (Lipinski definition) is 9. The zero-order valence-corrected chi connectivity index (χ0v) is 24.9. The molecule has 43 heavy (non-hydrogen) atoms. The fourth-order valence-electron chi connectivity index (χ4n) is 4.86. The number of carbonyl (C=O) groups is 3. The van der Waals surface area contributed by atoms with E-state index in [0.717, 1.165) is 22.5 Å². The number of amides is 1. The molecule has 2 heterocycles. The second kappa shape index (κ2) is 12.5. The molecule has 5 rings (SSSR count). The number of aryl methyl sites for hydroxylation is 2. The zero-order chi connectivity index (χ0) is 30.7. The van der Waals surface area contributed by atoms with Gasteiger partial charge in [-0.25, -0.2) is 9.78 Å². The van der Waals surface area contributed by atoms with Crippen molar-refractivity contribution < 1.29 is 33.7 Å². The molecular weight excluding hydrogens is 568 g/mol. The normalized spacial score (nSPS) is 15.9. The van der Waals surface area contributed by atoms with Crippen LogP contribution in [0.4, 0.5) is 5.13 Å². The van der Waals surface area contributed by atoms with Crippen molar-refractivity contribution in [3.8, 4) is 11.5 Å². The molecule has 0 aliphatic carbocycles. The van der Waals surface area contributed by atoms with Crippen LogP contribution >= 0.6 is 11.3 Å². The van der Waals surface area contributed by atoms with Crippen LogP contribution in [-0.4, -0.2) is 41.5 Å². The Kier molecular flexibility index (Phi) is 8.58. The minimum atomic E-state index is -1.01. The minimum Gasteiger partial charge on any atom is -0.507 e. The number of carbonyl (C=O) groups excluding carboxylic acids is 3. The molecule has 10 heteroatoms. The number of anilines is 1. The third kappa shape index (κ3) is 6.00. The molecule has 1 unspecified atom stereocenters. The van der Waals surface area contributed by atoms with Gasteiger partial charge >= 0.3 is 11.9 Å². The van der Waals surface area contributed by atoms with Crippen molar-refractivity contribution in [1.29, 1.82) is 0 Å². The Morgan fingerprint density at radius 2 is 1.65 bits per heavy atom. The van der Waals surface area contributed by atoms with Crippen molar-refractivity contribution in [2.75, 3.05) is 18.6 Å². The van der Waals surface area contributed by atoms with Gasteiger partial charge in [0, 0.05) is 5.56 Å². The highest BCUT2D eigenvalue weighted by Gasteiger charge is 2.48. The first-order valence-corrected chi connectivity index (χ1v) is 14.4. The average molecular weight is 599 g/mol. The number of thiazole rings is 1. The highest BCUT2D eigenvalue weighted by atomic mass is 32.1. The summed E-state index contributed by atoms with van der Waals surface area (Å²) in [6.45, 7) is 6.34. The Balaban J connectivity index is 1.53. The third-order valence-electron chi connectivity index (χ3n) is 6.93. The second-order valence-electron chi connectivity index (χ2n) is 9.88. The standard InChI is InChI=1S/C33H30N2O7S/c1-5-41-24-13-9-22(10-14-24)27-26(29(37)31(38)35(27)33-34-20(3)30(43-33)32(39)40-4)28(36)23-11-15-25(16-12-23)42-18-21-8-6-7-19(2)17-21/h6-17,27,36H,5,18H2,1-4H3/b28-26+. The van der Waals surface area contributed by atoms with Crippen LogP contribution in [0.25, 0.3) is 5.76 Å². The van der Waals surface area contributed by atoms with Crippen molar-refractivity contribution in [1.82, 2.24) is 4.98 Å². The second-order valence-corrected chi connectivity index (χ2v) is 10.9. The first-order valence-electron chi connectivity index (χ1n) is 13.6. The number of ketones is 1. The van der Waals surface area contributed by atoms with Gasteiger partial charge in [-0.1, -0.05) is 53.3 Å². The van der Waals surface area contributed by atoms with E-state index in [0.29, 0.717) is 41.5 Å². The van der Waals surface area contributed by atoms with Gasteiger partial charge in [-0.15, -0.1) is 0 Å². The largest absolute Gasteiger partial charge is 0.507 e. The molecule has 0 bridgehead atoms.